The van der Waals surface area contributed by atoms with Gasteiger partial charge in [0.05, 0.1) is 11.6 Å². The molecule has 0 radical (unpaired) electrons. The molecule has 2 aromatic rings. The average molecular weight is 251 g/mol. The molecule has 0 saturated heterocycles. The number of hydrogen-bond donors (Lipinski definition) is 0. The third-order valence-corrected chi connectivity index (χ3v) is 3.29. The summed E-state index contributed by atoms with van der Waals surface area (Å²) in [6.45, 7) is 6.62. The molecule has 0 aliphatic carbocycles. The van der Waals surface area contributed by atoms with E-state index >= 15 is 0 Å². The molecule has 0 bridgehead atoms. The number of nitrogens with zero attached hydrogens (tertiary/aromatic N) is 1. The van der Waals surface area contributed by atoms with E-state index in [2.05, 4.69) is 32.9 Å². The summed E-state index contributed by atoms with van der Waals surface area (Å²) in [5.41, 5.74) is 5.16. The van der Waals surface area contributed by atoms with Crippen LogP contribution in [0.1, 0.15) is 27.8 Å². The number of rotatable bonds is 3. The minimum Gasteiger partial charge on any atom is -0.489 e. The van der Waals surface area contributed by atoms with Crippen LogP contribution in [0, 0.1) is 32.1 Å². The molecule has 2 rings (SSSR count). The lowest BCUT2D eigenvalue weighted by atomic mass is 10.1. The van der Waals surface area contributed by atoms with Crippen LogP contribution < -0.4 is 4.74 Å². The lowest BCUT2D eigenvalue weighted by molar-refractivity contribution is 0.303. The zero-order valence-electron chi connectivity index (χ0n) is 11.5. The normalized spacial score (nSPS) is 10.0. The van der Waals surface area contributed by atoms with E-state index in [9.17, 15) is 0 Å². The molecule has 0 atom stereocenters. The lowest BCUT2D eigenvalue weighted by Crippen LogP contribution is -2.00. The predicted octanol–water partition coefficient (Wildman–Crippen LogP) is 4.06. The van der Waals surface area contributed by atoms with Crippen molar-refractivity contribution in [1.29, 1.82) is 5.26 Å². The number of hydrogen-bond acceptors (Lipinski definition) is 2. The summed E-state index contributed by atoms with van der Waals surface area (Å²) >= 11 is 0. The Kier molecular flexibility index (Phi) is 3.87. The second-order valence-electron chi connectivity index (χ2n) is 4.76. The molecule has 0 aliphatic rings. The van der Waals surface area contributed by atoms with Gasteiger partial charge in [0.15, 0.2) is 0 Å². The van der Waals surface area contributed by atoms with Gasteiger partial charge in [0.2, 0.25) is 0 Å². The molecule has 0 heterocycles. The van der Waals surface area contributed by atoms with Gasteiger partial charge in [-0.1, -0.05) is 24.3 Å². The molecule has 0 aromatic heterocycles. The second-order valence-corrected chi connectivity index (χ2v) is 4.76. The highest BCUT2D eigenvalue weighted by Crippen LogP contribution is 2.24. The van der Waals surface area contributed by atoms with E-state index in [0.29, 0.717) is 12.2 Å². The van der Waals surface area contributed by atoms with E-state index in [4.69, 9.17) is 10.00 Å². The quantitative estimate of drug-likeness (QED) is 0.824. The summed E-state index contributed by atoms with van der Waals surface area (Å²) in [5, 5.41) is 9.05. The van der Waals surface area contributed by atoms with Crippen molar-refractivity contribution in [3.8, 4) is 11.8 Å². The van der Waals surface area contributed by atoms with Gasteiger partial charge in [-0.15, -0.1) is 0 Å². The minimum atomic E-state index is 0.424. The standard InChI is InChI=1S/C17H17NO/c1-12-8-13(2)14(3)17(9-12)19-11-16-7-5-4-6-15(16)10-18/h4-9H,11H2,1-3H3. The SMILES string of the molecule is Cc1cc(C)c(C)c(OCc2ccccc2C#N)c1. The molecule has 0 spiro atoms. The fraction of sp³-hybridized carbons (Fsp3) is 0.235. The van der Waals surface area contributed by atoms with Gasteiger partial charge >= 0.3 is 0 Å². The van der Waals surface area contributed by atoms with Crippen LogP contribution in [0.3, 0.4) is 0 Å². The van der Waals surface area contributed by atoms with Crippen LogP contribution in [0.25, 0.3) is 0 Å². The number of nitriles is 1. The van der Waals surface area contributed by atoms with Crippen LogP contribution in [0.4, 0.5) is 0 Å². The van der Waals surface area contributed by atoms with Crippen molar-refractivity contribution in [3.63, 3.8) is 0 Å². The van der Waals surface area contributed by atoms with Crippen LogP contribution in [0.15, 0.2) is 36.4 Å². The van der Waals surface area contributed by atoms with Crippen molar-refractivity contribution >= 4 is 0 Å². The fourth-order valence-corrected chi connectivity index (χ4v) is 2.06. The molecule has 0 aliphatic heterocycles. The largest absolute Gasteiger partial charge is 0.489 e. The molecule has 0 N–H and O–H groups in total. The first-order valence-corrected chi connectivity index (χ1v) is 6.30. The molecule has 0 saturated carbocycles. The Morgan fingerprint density at radius 2 is 1.84 bits per heavy atom. The summed E-state index contributed by atoms with van der Waals surface area (Å²) in [5.74, 6) is 0.894. The number of aryl methyl sites for hydroxylation is 2. The molecule has 2 nitrogen and oxygen atoms in total. The van der Waals surface area contributed by atoms with Crippen molar-refractivity contribution in [3.05, 3.63) is 64.2 Å². The van der Waals surface area contributed by atoms with E-state index in [1.807, 2.05) is 30.3 Å². The number of benzene rings is 2. The minimum absolute atomic E-state index is 0.424. The summed E-state index contributed by atoms with van der Waals surface area (Å²) in [4.78, 5) is 0. The van der Waals surface area contributed by atoms with Crippen LogP contribution >= 0.6 is 0 Å². The van der Waals surface area contributed by atoms with Gasteiger partial charge in [0.1, 0.15) is 12.4 Å². The van der Waals surface area contributed by atoms with Gasteiger partial charge in [0.25, 0.3) is 0 Å². The van der Waals surface area contributed by atoms with E-state index in [1.165, 1.54) is 11.1 Å². The van der Waals surface area contributed by atoms with Gasteiger partial charge < -0.3 is 4.74 Å². The zero-order valence-corrected chi connectivity index (χ0v) is 11.5. The Hall–Kier alpha value is -2.27. The summed E-state index contributed by atoms with van der Waals surface area (Å²) in [6, 6.07) is 13.9. The maximum absolute atomic E-state index is 9.05. The third kappa shape index (κ3) is 2.95. The Morgan fingerprint density at radius 3 is 2.58 bits per heavy atom. The molecule has 0 fully saturated rings. The molecular formula is C17H17NO. The fourth-order valence-electron chi connectivity index (χ4n) is 2.06. The maximum Gasteiger partial charge on any atom is 0.123 e. The maximum atomic E-state index is 9.05. The van der Waals surface area contributed by atoms with Crippen LogP contribution in [0.2, 0.25) is 0 Å². The first-order valence-electron chi connectivity index (χ1n) is 6.30. The molecule has 96 valence electrons. The first-order chi connectivity index (χ1) is 9.11. The van der Waals surface area contributed by atoms with Crippen molar-refractivity contribution < 1.29 is 4.74 Å². The van der Waals surface area contributed by atoms with Crippen molar-refractivity contribution in [2.45, 2.75) is 27.4 Å². The van der Waals surface area contributed by atoms with Crippen LogP contribution in [0.5, 0.6) is 5.75 Å². The van der Waals surface area contributed by atoms with E-state index in [1.54, 1.807) is 0 Å². The summed E-state index contributed by atoms with van der Waals surface area (Å²) < 4.78 is 5.88. The number of ether oxygens (including phenoxy) is 1. The van der Waals surface area contributed by atoms with E-state index in [-0.39, 0.29) is 0 Å². The molecule has 0 amide bonds. The predicted molar refractivity (Wildman–Crippen MR) is 76.1 cm³/mol. The molecule has 19 heavy (non-hydrogen) atoms. The Bertz CT molecular complexity index is 638. The van der Waals surface area contributed by atoms with Crippen molar-refractivity contribution in [2.75, 3.05) is 0 Å². The van der Waals surface area contributed by atoms with Crippen molar-refractivity contribution in [2.24, 2.45) is 0 Å². The van der Waals surface area contributed by atoms with Gasteiger partial charge in [0, 0.05) is 5.56 Å². The topological polar surface area (TPSA) is 33.0 Å². The molecular weight excluding hydrogens is 234 g/mol. The van der Waals surface area contributed by atoms with Crippen LogP contribution in [-0.2, 0) is 6.61 Å². The van der Waals surface area contributed by atoms with Gasteiger partial charge in [-0.05, 0) is 49.6 Å². The highest BCUT2D eigenvalue weighted by molar-refractivity contribution is 5.43. The molecule has 0 unspecified atom stereocenters. The summed E-state index contributed by atoms with van der Waals surface area (Å²) in [7, 11) is 0. The Morgan fingerprint density at radius 1 is 1.11 bits per heavy atom. The van der Waals surface area contributed by atoms with Gasteiger partial charge in [-0.25, -0.2) is 0 Å². The van der Waals surface area contributed by atoms with Gasteiger partial charge in [-0.2, -0.15) is 5.26 Å². The highest BCUT2D eigenvalue weighted by Gasteiger charge is 2.06. The second kappa shape index (κ2) is 5.58. The molecule has 2 heteroatoms. The monoisotopic (exact) mass is 251 g/mol. The smallest absolute Gasteiger partial charge is 0.123 e. The average Bonchev–Trinajstić information content (AvgIpc) is 2.41. The summed E-state index contributed by atoms with van der Waals surface area (Å²) in [6.07, 6.45) is 0. The first kappa shape index (κ1) is 13.2. The molecule has 2 aromatic carbocycles. The van der Waals surface area contributed by atoms with Crippen LogP contribution in [-0.4, -0.2) is 0 Å². The zero-order chi connectivity index (χ0) is 13.8. The van der Waals surface area contributed by atoms with Gasteiger partial charge in [-0.3, -0.25) is 0 Å². The van der Waals surface area contributed by atoms with E-state index < -0.39 is 0 Å². The highest BCUT2D eigenvalue weighted by atomic mass is 16.5. The lowest BCUT2D eigenvalue weighted by Gasteiger charge is -2.13. The van der Waals surface area contributed by atoms with Crippen molar-refractivity contribution in [1.82, 2.24) is 0 Å². The van der Waals surface area contributed by atoms with E-state index in [0.717, 1.165) is 16.9 Å². The Balaban J connectivity index is 2.22. The Labute approximate surface area is 114 Å². The third-order valence-electron chi connectivity index (χ3n) is 3.29.